The van der Waals surface area contributed by atoms with Crippen LogP contribution in [0.3, 0.4) is 0 Å². The van der Waals surface area contributed by atoms with Crippen LogP contribution in [0, 0.1) is 0 Å². The number of fused-ring (bicyclic) bond motifs is 1. The van der Waals surface area contributed by atoms with Gasteiger partial charge >= 0.3 is 0 Å². The van der Waals surface area contributed by atoms with Gasteiger partial charge in [0.2, 0.25) is 5.88 Å². The zero-order valence-corrected chi connectivity index (χ0v) is 17.8. The topological polar surface area (TPSA) is 64.5 Å². The minimum absolute atomic E-state index is 0.00286. The number of pyridine rings is 2. The number of methoxy groups -OCH3 is 1. The summed E-state index contributed by atoms with van der Waals surface area (Å²) in [5, 5.41) is 1.90. The molecule has 2 aromatic carbocycles. The number of aromatic nitrogens is 2. The minimum Gasteiger partial charge on any atom is -0.481 e. The Labute approximate surface area is 186 Å². The zero-order chi connectivity index (χ0) is 21.9. The first kappa shape index (κ1) is 20.2. The van der Waals surface area contributed by atoms with Gasteiger partial charge in [-0.3, -0.25) is 9.78 Å². The van der Waals surface area contributed by atoms with Crippen molar-refractivity contribution in [1.29, 1.82) is 0 Å². The number of hydrogen-bond acceptors (Lipinski definition) is 5. The number of nitrogens with zero attached hydrogens (tertiary/aromatic N) is 3. The molecule has 0 N–H and O–H groups in total. The van der Waals surface area contributed by atoms with Crippen LogP contribution in [0.2, 0.25) is 0 Å². The molecule has 0 spiro atoms. The molecule has 0 radical (unpaired) electrons. The summed E-state index contributed by atoms with van der Waals surface area (Å²) in [6.07, 6.45) is 5.07. The second kappa shape index (κ2) is 8.77. The first-order chi connectivity index (χ1) is 15.8. The molecule has 0 bridgehead atoms. The zero-order valence-electron chi connectivity index (χ0n) is 17.8. The van der Waals surface area contributed by atoms with Crippen LogP contribution in [0.5, 0.6) is 5.88 Å². The van der Waals surface area contributed by atoms with Gasteiger partial charge in [-0.1, -0.05) is 36.4 Å². The quantitative estimate of drug-likeness (QED) is 0.481. The number of hydrogen-bond donors (Lipinski definition) is 0. The van der Waals surface area contributed by atoms with Gasteiger partial charge in [0.05, 0.1) is 20.3 Å². The van der Waals surface area contributed by atoms with Crippen LogP contribution in [0.15, 0.2) is 79.3 Å². The third kappa shape index (κ3) is 3.69. The summed E-state index contributed by atoms with van der Waals surface area (Å²) in [4.78, 5) is 24.0. The van der Waals surface area contributed by atoms with Crippen molar-refractivity contribution >= 4 is 16.7 Å². The smallest absolute Gasteiger partial charge is 0.254 e. The SMILES string of the molecule is COc1ncccc1-c1ccc(C(=O)N2CCOC(c3cccnc3)C2)c2ccccc12. The Morgan fingerprint density at radius 2 is 1.84 bits per heavy atom. The van der Waals surface area contributed by atoms with Crippen LogP contribution < -0.4 is 4.74 Å². The summed E-state index contributed by atoms with van der Waals surface area (Å²) in [7, 11) is 1.61. The van der Waals surface area contributed by atoms with Crippen molar-refractivity contribution < 1.29 is 14.3 Å². The number of ether oxygens (including phenoxy) is 2. The standard InChI is InChI=1S/C26H23N3O3/c1-31-25-22(9-5-13-28-25)21-10-11-23(20-8-3-2-7-19(20)21)26(30)29-14-15-32-24(17-29)18-6-4-12-27-16-18/h2-13,16,24H,14-15,17H2,1H3. The van der Waals surface area contributed by atoms with Crippen LogP contribution >= 0.6 is 0 Å². The molecule has 0 aliphatic carbocycles. The number of carbonyl (C=O) groups excluding carboxylic acids is 1. The largest absolute Gasteiger partial charge is 0.481 e. The Morgan fingerprint density at radius 3 is 2.66 bits per heavy atom. The maximum absolute atomic E-state index is 13.6. The second-order valence-corrected chi connectivity index (χ2v) is 7.66. The van der Waals surface area contributed by atoms with E-state index in [1.807, 2.05) is 65.6 Å². The summed E-state index contributed by atoms with van der Waals surface area (Å²) < 4.78 is 11.4. The molecule has 6 heteroatoms. The lowest BCUT2D eigenvalue weighted by molar-refractivity contribution is -0.0229. The van der Waals surface area contributed by atoms with Crippen LogP contribution in [-0.4, -0.2) is 47.6 Å². The number of rotatable bonds is 4. The van der Waals surface area contributed by atoms with Crippen molar-refractivity contribution in [3.63, 3.8) is 0 Å². The molecule has 2 aromatic heterocycles. The lowest BCUT2D eigenvalue weighted by Gasteiger charge is -2.33. The fourth-order valence-electron chi connectivity index (χ4n) is 4.25. The van der Waals surface area contributed by atoms with Crippen molar-refractivity contribution in [2.75, 3.05) is 26.8 Å². The maximum atomic E-state index is 13.6. The molecule has 1 amide bonds. The van der Waals surface area contributed by atoms with Gasteiger partial charge < -0.3 is 14.4 Å². The van der Waals surface area contributed by atoms with E-state index in [0.717, 1.165) is 27.5 Å². The monoisotopic (exact) mass is 425 g/mol. The van der Waals surface area contributed by atoms with Gasteiger partial charge in [-0.15, -0.1) is 0 Å². The Hall–Kier alpha value is -3.77. The number of carbonyl (C=O) groups is 1. The van der Waals surface area contributed by atoms with E-state index in [9.17, 15) is 4.79 Å². The molecule has 32 heavy (non-hydrogen) atoms. The number of benzene rings is 2. The fraction of sp³-hybridized carbons (Fsp3) is 0.192. The van der Waals surface area contributed by atoms with Gasteiger partial charge in [-0.25, -0.2) is 4.98 Å². The molecule has 1 atom stereocenters. The van der Waals surface area contributed by atoms with Gasteiger partial charge in [-0.2, -0.15) is 0 Å². The summed E-state index contributed by atoms with van der Waals surface area (Å²) >= 11 is 0. The predicted molar refractivity (Wildman–Crippen MR) is 123 cm³/mol. The molecule has 3 heterocycles. The minimum atomic E-state index is -0.174. The van der Waals surface area contributed by atoms with E-state index in [1.165, 1.54) is 0 Å². The Bertz CT molecular complexity index is 1260. The normalized spacial score (nSPS) is 16.2. The van der Waals surface area contributed by atoms with Crippen molar-refractivity contribution in [1.82, 2.24) is 14.9 Å². The van der Waals surface area contributed by atoms with Crippen molar-refractivity contribution in [3.8, 4) is 17.0 Å². The van der Waals surface area contributed by atoms with Gasteiger partial charge in [-0.05, 0) is 40.6 Å². The predicted octanol–water partition coefficient (Wildman–Crippen LogP) is 4.52. The third-order valence-corrected chi connectivity index (χ3v) is 5.82. The van der Waals surface area contributed by atoms with Crippen molar-refractivity contribution in [2.45, 2.75) is 6.10 Å². The molecule has 1 unspecified atom stereocenters. The van der Waals surface area contributed by atoms with E-state index in [4.69, 9.17) is 9.47 Å². The van der Waals surface area contributed by atoms with E-state index in [-0.39, 0.29) is 12.0 Å². The molecular formula is C26H23N3O3. The Kier molecular flexibility index (Phi) is 5.52. The van der Waals surface area contributed by atoms with Gasteiger partial charge in [0.15, 0.2) is 0 Å². The fourth-order valence-corrected chi connectivity index (χ4v) is 4.25. The average Bonchev–Trinajstić information content (AvgIpc) is 2.88. The molecule has 1 saturated heterocycles. The lowest BCUT2D eigenvalue weighted by Crippen LogP contribution is -2.42. The molecule has 1 fully saturated rings. The second-order valence-electron chi connectivity index (χ2n) is 7.66. The molecular weight excluding hydrogens is 402 g/mol. The lowest BCUT2D eigenvalue weighted by atomic mass is 9.94. The summed E-state index contributed by atoms with van der Waals surface area (Å²) in [6.45, 7) is 1.55. The third-order valence-electron chi connectivity index (χ3n) is 5.82. The highest BCUT2D eigenvalue weighted by molar-refractivity contribution is 6.11. The molecule has 160 valence electrons. The van der Waals surface area contributed by atoms with Crippen LogP contribution in [0.25, 0.3) is 21.9 Å². The maximum Gasteiger partial charge on any atom is 0.254 e. The van der Waals surface area contributed by atoms with E-state index in [0.29, 0.717) is 31.1 Å². The van der Waals surface area contributed by atoms with E-state index in [1.54, 1.807) is 25.7 Å². The molecule has 0 saturated carbocycles. The molecule has 1 aliphatic rings. The van der Waals surface area contributed by atoms with Gasteiger partial charge in [0.1, 0.15) is 6.10 Å². The highest BCUT2D eigenvalue weighted by Gasteiger charge is 2.27. The van der Waals surface area contributed by atoms with Crippen LogP contribution in [0.4, 0.5) is 0 Å². The molecule has 5 rings (SSSR count). The summed E-state index contributed by atoms with van der Waals surface area (Å²) in [5.74, 6) is 0.562. The Morgan fingerprint density at radius 1 is 1.00 bits per heavy atom. The van der Waals surface area contributed by atoms with E-state index in [2.05, 4.69) is 9.97 Å². The average molecular weight is 425 g/mol. The molecule has 1 aliphatic heterocycles. The first-order valence-corrected chi connectivity index (χ1v) is 10.6. The molecule has 6 nitrogen and oxygen atoms in total. The number of amides is 1. The van der Waals surface area contributed by atoms with E-state index >= 15 is 0 Å². The summed E-state index contributed by atoms with van der Waals surface area (Å²) in [5.41, 5.74) is 3.54. The van der Waals surface area contributed by atoms with Crippen LogP contribution in [0.1, 0.15) is 22.0 Å². The van der Waals surface area contributed by atoms with Crippen LogP contribution in [-0.2, 0) is 4.74 Å². The molecule has 4 aromatic rings. The summed E-state index contributed by atoms with van der Waals surface area (Å²) in [6, 6.07) is 19.6. The van der Waals surface area contributed by atoms with Crippen molar-refractivity contribution in [3.05, 3.63) is 90.4 Å². The Balaban J connectivity index is 1.52. The first-order valence-electron chi connectivity index (χ1n) is 10.6. The van der Waals surface area contributed by atoms with Gasteiger partial charge in [0.25, 0.3) is 5.91 Å². The van der Waals surface area contributed by atoms with Crippen molar-refractivity contribution in [2.24, 2.45) is 0 Å². The van der Waals surface area contributed by atoms with E-state index < -0.39 is 0 Å². The number of morpholine rings is 1. The highest BCUT2D eigenvalue weighted by atomic mass is 16.5. The highest BCUT2D eigenvalue weighted by Crippen LogP contribution is 2.35. The van der Waals surface area contributed by atoms with Gasteiger partial charge in [0, 0.05) is 41.8 Å².